The SMILES string of the molecule is COc1cc(COC(=O)CCCCCCC(C)C)ccc1OC1O[C@H](CO)[C@@H](O[C@@H]2O[C@H](CO)[C@@H](O)[C@H](O)[C@H]2O)[C@H](O)[C@H]1O. The Morgan fingerprint density at radius 2 is 1.48 bits per heavy atom. The summed E-state index contributed by atoms with van der Waals surface area (Å²) in [4.78, 5) is 12.2. The molecule has 1 aromatic rings. The summed E-state index contributed by atoms with van der Waals surface area (Å²) >= 11 is 0. The largest absolute Gasteiger partial charge is 0.493 e. The van der Waals surface area contributed by atoms with Crippen LogP contribution in [0.15, 0.2) is 18.2 Å². The molecule has 0 bridgehead atoms. The molecule has 2 heterocycles. The smallest absolute Gasteiger partial charge is 0.306 e. The Bertz CT molecular complexity index is 1000. The van der Waals surface area contributed by atoms with Crippen molar-refractivity contribution in [3.8, 4) is 11.5 Å². The van der Waals surface area contributed by atoms with Crippen molar-refractivity contribution in [3.63, 3.8) is 0 Å². The van der Waals surface area contributed by atoms with E-state index in [9.17, 15) is 40.5 Å². The van der Waals surface area contributed by atoms with E-state index in [0.717, 1.165) is 25.7 Å². The van der Waals surface area contributed by atoms with Crippen LogP contribution >= 0.6 is 0 Å². The molecule has 0 aliphatic carbocycles. The van der Waals surface area contributed by atoms with Crippen LogP contribution < -0.4 is 9.47 Å². The number of rotatable bonds is 16. The van der Waals surface area contributed by atoms with Crippen LogP contribution in [0.25, 0.3) is 0 Å². The maximum atomic E-state index is 12.2. The van der Waals surface area contributed by atoms with Crippen molar-refractivity contribution in [2.45, 2.75) is 120 Å². The zero-order valence-electron chi connectivity index (χ0n) is 25.4. The first-order valence-electron chi connectivity index (χ1n) is 15.1. The minimum Gasteiger partial charge on any atom is -0.493 e. The summed E-state index contributed by atoms with van der Waals surface area (Å²) in [6.07, 6.45) is -10.2. The third-order valence-electron chi connectivity index (χ3n) is 7.74. The minimum absolute atomic E-state index is 0.0215. The standard InChI is InChI=1S/C30H48O14/c1-16(2)8-6-4-5-7-9-22(33)40-15-17-10-11-18(19(12-17)39-3)41-29-27(38)25(36)28(21(14-32)43-29)44-30-26(37)24(35)23(34)20(13-31)42-30/h10-12,16,20-21,23-32,34-38H,4-9,13-15H2,1-3H3/t20-,21-,23-,24+,25-,26-,27-,28-,29?,30+/m1/s1. The van der Waals surface area contributed by atoms with Crippen molar-refractivity contribution < 1.29 is 69.0 Å². The van der Waals surface area contributed by atoms with Gasteiger partial charge in [-0.1, -0.05) is 45.6 Å². The van der Waals surface area contributed by atoms with Crippen LogP contribution in [0.3, 0.4) is 0 Å². The molecule has 10 atom stereocenters. The van der Waals surface area contributed by atoms with Gasteiger partial charge in [0.15, 0.2) is 17.8 Å². The predicted molar refractivity (Wildman–Crippen MR) is 152 cm³/mol. The van der Waals surface area contributed by atoms with Gasteiger partial charge < -0.3 is 64.2 Å². The number of unbranched alkanes of at least 4 members (excludes halogenated alkanes) is 3. The average Bonchev–Trinajstić information content (AvgIpc) is 3.01. The van der Waals surface area contributed by atoms with Crippen molar-refractivity contribution in [2.24, 2.45) is 5.92 Å². The molecule has 1 unspecified atom stereocenters. The normalized spacial score (nSPS) is 32.4. The van der Waals surface area contributed by atoms with Gasteiger partial charge >= 0.3 is 5.97 Å². The summed E-state index contributed by atoms with van der Waals surface area (Å²) in [7, 11) is 1.39. The van der Waals surface area contributed by atoms with Crippen LogP contribution in [0.1, 0.15) is 57.9 Å². The number of esters is 1. The molecule has 14 heteroatoms. The summed E-state index contributed by atoms with van der Waals surface area (Å²) < 4.78 is 33.1. The van der Waals surface area contributed by atoms with Crippen molar-refractivity contribution in [3.05, 3.63) is 23.8 Å². The highest BCUT2D eigenvalue weighted by atomic mass is 16.7. The molecule has 7 N–H and O–H groups in total. The number of hydrogen-bond acceptors (Lipinski definition) is 14. The summed E-state index contributed by atoms with van der Waals surface area (Å²) in [5.74, 6) is 0.744. The lowest BCUT2D eigenvalue weighted by atomic mass is 9.97. The predicted octanol–water partition coefficient (Wildman–Crippen LogP) is -0.262. The number of ether oxygens (including phenoxy) is 6. The zero-order valence-corrected chi connectivity index (χ0v) is 25.4. The highest BCUT2D eigenvalue weighted by molar-refractivity contribution is 5.69. The van der Waals surface area contributed by atoms with Gasteiger partial charge in [-0.3, -0.25) is 4.79 Å². The second-order valence-electron chi connectivity index (χ2n) is 11.6. The van der Waals surface area contributed by atoms with Gasteiger partial charge in [0.25, 0.3) is 0 Å². The van der Waals surface area contributed by atoms with E-state index in [1.807, 2.05) is 0 Å². The fourth-order valence-corrected chi connectivity index (χ4v) is 5.09. The Kier molecular flexibility index (Phi) is 14.5. The van der Waals surface area contributed by atoms with Gasteiger partial charge in [-0.2, -0.15) is 0 Å². The second kappa shape index (κ2) is 17.5. The summed E-state index contributed by atoms with van der Waals surface area (Å²) in [5, 5.41) is 71.3. The quantitative estimate of drug-likeness (QED) is 0.0924. The Labute approximate surface area is 257 Å². The van der Waals surface area contributed by atoms with E-state index < -0.39 is 74.6 Å². The molecule has 252 valence electrons. The van der Waals surface area contributed by atoms with Crippen molar-refractivity contribution in [1.82, 2.24) is 0 Å². The maximum Gasteiger partial charge on any atom is 0.306 e. The molecular formula is C30H48O14. The molecule has 2 aliphatic heterocycles. The number of benzene rings is 1. The lowest BCUT2D eigenvalue weighted by molar-refractivity contribution is -0.352. The third-order valence-corrected chi connectivity index (χ3v) is 7.74. The van der Waals surface area contributed by atoms with Gasteiger partial charge in [-0.05, 0) is 30.0 Å². The Hall–Kier alpha value is -2.11. The summed E-state index contributed by atoms with van der Waals surface area (Å²) in [6, 6.07) is 4.75. The van der Waals surface area contributed by atoms with Crippen LogP contribution in [-0.4, -0.2) is 123 Å². The first-order valence-corrected chi connectivity index (χ1v) is 15.1. The topological polar surface area (TPSA) is 214 Å². The van der Waals surface area contributed by atoms with E-state index in [1.165, 1.54) is 19.6 Å². The van der Waals surface area contributed by atoms with Crippen molar-refractivity contribution in [2.75, 3.05) is 20.3 Å². The first-order chi connectivity index (χ1) is 21.0. The molecule has 3 rings (SSSR count). The van der Waals surface area contributed by atoms with Crippen LogP contribution in [0.5, 0.6) is 11.5 Å². The molecule has 0 amide bonds. The number of carbonyl (C=O) groups is 1. The van der Waals surface area contributed by atoms with Gasteiger partial charge in [0, 0.05) is 6.42 Å². The Morgan fingerprint density at radius 1 is 0.818 bits per heavy atom. The van der Waals surface area contributed by atoms with Gasteiger partial charge in [-0.25, -0.2) is 0 Å². The zero-order chi connectivity index (χ0) is 32.4. The highest BCUT2D eigenvalue weighted by Gasteiger charge is 2.51. The molecule has 0 radical (unpaired) electrons. The second-order valence-corrected chi connectivity index (χ2v) is 11.6. The molecule has 44 heavy (non-hydrogen) atoms. The highest BCUT2D eigenvalue weighted by Crippen LogP contribution is 2.34. The van der Waals surface area contributed by atoms with Gasteiger partial charge in [0.2, 0.25) is 6.29 Å². The molecule has 0 saturated carbocycles. The van der Waals surface area contributed by atoms with Crippen LogP contribution in [0.4, 0.5) is 0 Å². The number of aliphatic hydroxyl groups excluding tert-OH is 7. The van der Waals surface area contributed by atoms with Crippen molar-refractivity contribution in [1.29, 1.82) is 0 Å². The van der Waals surface area contributed by atoms with Crippen LogP contribution in [-0.2, 0) is 30.3 Å². The summed E-state index contributed by atoms with van der Waals surface area (Å²) in [6.45, 7) is 3.01. The maximum absolute atomic E-state index is 12.2. The van der Waals surface area contributed by atoms with E-state index in [4.69, 9.17) is 28.4 Å². The average molecular weight is 633 g/mol. The third kappa shape index (κ3) is 9.69. The van der Waals surface area contributed by atoms with Gasteiger partial charge in [-0.15, -0.1) is 0 Å². The van der Waals surface area contributed by atoms with Gasteiger partial charge in [0.05, 0.1) is 20.3 Å². The molecule has 0 aromatic heterocycles. The van der Waals surface area contributed by atoms with E-state index >= 15 is 0 Å². The van der Waals surface area contributed by atoms with E-state index in [2.05, 4.69) is 13.8 Å². The monoisotopic (exact) mass is 632 g/mol. The molecule has 2 saturated heterocycles. The first kappa shape index (κ1) is 36.4. The lowest BCUT2D eigenvalue weighted by Gasteiger charge is -2.45. The van der Waals surface area contributed by atoms with E-state index in [-0.39, 0.29) is 24.1 Å². The number of carbonyl (C=O) groups excluding carboxylic acids is 1. The molecule has 2 fully saturated rings. The molecule has 0 spiro atoms. The van der Waals surface area contributed by atoms with Crippen LogP contribution in [0, 0.1) is 5.92 Å². The lowest BCUT2D eigenvalue weighted by Crippen LogP contribution is -2.65. The van der Waals surface area contributed by atoms with Crippen molar-refractivity contribution >= 4 is 5.97 Å². The molecular weight excluding hydrogens is 584 g/mol. The number of hydrogen-bond donors (Lipinski definition) is 7. The number of aliphatic hydroxyl groups is 7. The fourth-order valence-electron chi connectivity index (χ4n) is 5.09. The molecule has 14 nitrogen and oxygen atoms in total. The summed E-state index contributed by atoms with van der Waals surface area (Å²) in [5.41, 5.74) is 0.630. The molecule has 2 aliphatic rings. The van der Waals surface area contributed by atoms with Crippen LogP contribution in [0.2, 0.25) is 0 Å². The van der Waals surface area contributed by atoms with E-state index in [1.54, 1.807) is 12.1 Å². The van der Waals surface area contributed by atoms with E-state index in [0.29, 0.717) is 17.9 Å². The minimum atomic E-state index is -1.77. The number of methoxy groups -OCH3 is 1. The van der Waals surface area contributed by atoms with Gasteiger partial charge in [0.1, 0.15) is 55.4 Å². The molecule has 1 aromatic carbocycles. The Balaban J connectivity index is 1.56. The fraction of sp³-hybridized carbons (Fsp3) is 0.767. The Morgan fingerprint density at radius 3 is 2.14 bits per heavy atom.